The Kier molecular flexibility index (Phi) is 6.03. The van der Waals surface area contributed by atoms with Gasteiger partial charge in [0, 0.05) is 5.56 Å². The van der Waals surface area contributed by atoms with Crippen molar-refractivity contribution in [3.8, 4) is 5.75 Å². The van der Waals surface area contributed by atoms with Gasteiger partial charge in [-0.05, 0) is 56.5 Å². The van der Waals surface area contributed by atoms with Gasteiger partial charge in [-0.3, -0.25) is 4.79 Å². The van der Waals surface area contributed by atoms with Crippen LogP contribution in [-0.2, 0) is 0 Å². The Hall–Kier alpha value is -1.35. The molecule has 0 aliphatic carbocycles. The zero-order valence-corrected chi connectivity index (χ0v) is 12.6. The second-order valence-electron chi connectivity index (χ2n) is 5.41. The minimum absolute atomic E-state index is 0.134. The quantitative estimate of drug-likeness (QED) is 0.768. The van der Waals surface area contributed by atoms with Crippen LogP contribution >= 0.6 is 0 Å². The molecule has 0 aromatic heterocycles. The third kappa shape index (κ3) is 4.67. The number of hydrogen-bond acceptors (Lipinski definition) is 3. The van der Waals surface area contributed by atoms with Crippen LogP contribution in [0.5, 0.6) is 5.75 Å². The van der Waals surface area contributed by atoms with Crippen LogP contribution in [-0.4, -0.2) is 25.5 Å². The van der Waals surface area contributed by atoms with Crippen molar-refractivity contribution >= 4 is 5.78 Å². The summed E-state index contributed by atoms with van der Waals surface area (Å²) in [6.45, 7) is 9.11. The van der Waals surface area contributed by atoms with E-state index in [1.54, 1.807) is 7.11 Å². The Morgan fingerprint density at radius 2 is 2.00 bits per heavy atom. The maximum Gasteiger partial charge on any atom is 0.179 e. The van der Waals surface area contributed by atoms with Gasteiger partial charge in [-0.25, -0.2) is 0 Å². The van der Waals surface area contributed by atoms with Gasteiger partial charge in [-0.1, -0.05) is 13.8 Å². The molecule has 1 rings (SSSR count). The molecular formula is C16H25NO2. The minimum atomic E-state index is -0.147. The highest BCUT2D eigenvalue weighted by Gasteiger charge is 2.15. The molecule has 0 amide bonds. The molecule has 0 saturated carbocycles. The third-order valence-electron chi connectivity index (χ3n) is 3.24. The molecule has 0 bridgehead atoms. The van der Waals surface area contributed by atoms with Crippen molar-refractivity contribution in [2.75, 3.05) is 13.7 Å². The van der Waals surface area contributed by atoms with Gasteiger partial charge >= 0.3 is 0 Å². The topological polar surface area (TPSA) is 38.3 Å². The van der Waals surface area contributed by atoms with Gasteiger partial charge in [0.1, 0.15) is 5.75 Å². The molecule has 19 heavy (non-hydrogen) atoms. The van der Waals surface area contributed by atoms with Crippen LogP contribution in [0.4, 0.5) is 0 Å². The maximum absolute atomic E-state index is 12.3. The predicted molar refractivity (Wildman–Crippen MR) is 79.0 cm³/mol. The van der Waals surface area contributed by atoms with Gasteiger partial charge in [-0.15, -0.1) is 0 Å². The summed E-state index contributed by atoms with van der Waals surface area (Å²) in [5, 5.41) is 3.28. The van der Waals surface area contributed by atoms with E-state index in [2.05, 4.69) is 19.2 Å². The third-order valence-corrected chi connectivity index (χ3v) is 3.24. The SMILES string of the molecule is COc1ccc(C(=O)C(C)NCCC(C)C)cc1C. The number of ketones is 1. The maximum atomic E-state index is 12.3. The number of nitrogens with one attached hydrogen (secondary N) is 1. The van der Waals surface area contributed by atoms with Crippen LogP contribution in [0.3, 0.4) is 0 Å². The lowest BCUT2D eigenvalue weighted by molar-refractivity contribution is 0.0950. The van der Waals surface area contributed by atoms with E-state index in [9.17, 15) is 4.79 Å². The summed E-state index contributed by atoms with van der Waals surface area (Å²) in [6.07, 6.45) is 1.08. The molecule has 3 heteroatoms. The highest BCUT2D eigenvalue weighted by atomic mass is 16.5. The first-order chi connectivity index (χ1) is 8.95. The number of Topliss-reactive ketones (excluding diaryl/α,β-unsaturated/α-hetero) is 1. The highest BCUT2D eigenvalue weighted by molar-refractivity contribution is 6.00. The zero-order chi connectivity index (χ0) is 14.4. The van der Waals surface area contributed by atoms with Gasteiger partial charge in [0.25, 0.3) is 0 Å². The fourth-order valence-electron chi connectivity index (χ4n) is 1.96. The standard InChI is InChI=1S/C16H25NO2/c1-11(2)8-9-17-13(4)16(18)14-6-7-15(19-5)12(3)10-14/h6-7,10-11,13,17H,8-9H2,1-5H3. The van der Waals surface area contributed by atoms with E-state index in [1.165, 1.54) is 0 Å². The number of rotatable bonds is 7. The molecule has 0 aliphatic heterocycles. The Morgan fingerprint density at radius 1 is 1.32 bits per heavy atom. The predicted octanol–water partition coefficient (Wildman–Crippen LogP) is 3.21. The Labute approximate surface area is 116 Å². The second kappa shape index (κ2) is 7.29. The number of carbonyl (C=O) groups excluding carboxylic acids is 1. The van der Waals surface area contributed by atoms with E-state index in [4.69, 9.17) is 4.74 Å². The average molecular weight is 263 g/mol. The normalized spacial score (nSPS) is 12.5. The average Bonchev–Trinajstić information content (AvgIpc) is 2.37. The van der Waals surface area contributed by atoms with Gasteiger partial charge < -0.3 is 10.1 Å². The lowest BCUT2D eigenvalue weighted by atomic mass is 10.0. The first-order valence-corrected chi connectivity index (χ1v) is 6.88. The molecular weight excluding hydrogens is 238 g/mol. The van der Waals surface area contributed by atoms with Crippen molar-refractivity contribution < 1.29 is 9.53 Å². The summed E-state index contributed by atoms with van der Waals surface area (Å²) < 4.78 is 5.20. The Morgan fingerprint density at radius 3 is 2.53 bits per heavy atom. The first-order valence-electron chi connectivity index (χ1n) is 6.88. The fourth-order valence-corrected chi connectivity index (χ4v) is 1.96. The molecule has 1 aromatic rings. The van der Waals surface area contributed by atoms with E-state index >= 15 is 0 Å². The molecule has 0 heterocycles. The lowest BCUT2D eigenvalue weighted by Gasteiger charge is -2.14. The summed E-state index contributed by atoms with van der Waals surface area (Å²) in [7, 11) is 1.64. The van der Waals surface area contributed by atoms with Crippen LogP contribution in [0.2, 0.25) is 0 Å². The van der Waals surface area contributed by atoms with Crippen LogP contribution in [0.1, 0.15) is 43.1 Å². The van der Waals surface area contributed by atoms with E-state index in [-0.39, 0.29) is 11.8 Å². The zero-order valence-electron chi connectivity index (χ0n) is 12.6. The molecule has 0 fully saturated rings. The summed E-state index contributed by atoms with van der Waals surface area (Å²) in [6, 6.07) is 5.42. The van der Waals surface area contributed by atoms with E-state index in [0.29, 0.717) is 5.92 Å². The molecule has 1 unspecified atom stereocenters. The molecule has 0 saturated heterocycles. The summed E-state index contributed by atoms with van der Waals surface area (Å²) >= 11 is 0. The molecule has 0 radical (unpaired) electrons. The van der Waals surface area contributed by atoms with Gasteiger partial charge in [0.15, 0.2) is 5.78 Å². The Bertz CT molecular complexity index is 427. The van der Waals surface area contributed by atoms with Crippen molar-refractivity contribution in [1.29, 1.82) is 0 Å². The molecule has 0 spiro atoms. The molecule has 1 atom stereocenters. The largest absolute Gasteiger partial charge is 0.496 e. The van der Waals surface area contributed by atoms with Crippen molar-refractivity contribution in [1.82, 2.24) is 5.32 Å². The first kappa shape index (κ1) is 15.7. The summed E-state index contributed by atoms with van der Waals surface area (Å²) in [5.74, 6) is 1.60. The molecule has 1 N–H and O–H groups in total. The number of ether oxygens (including phenoxy) is 1. The molecule has 0 aliphatic rings. The molecule has 106 valence electrons. The van der Waals surface area contributed by atoms with Crippen molar-refractivity contribution in [2.45, 2.75) is 40.2 Å². The van der Waals surface area contributed by atoms with Crippen LogP contribution in [0, 0.1) is 12.8 Å². The Balaban J connectivity index is 2.64. The summed E-state index contributed by atoms with van der Waals surface area (Å²) in [5.41, 5.74) is 1.73. The molecule has 3 nitrogen and oxygen atoms in total. The number of benzene rings is 1. The monoisotopic (exact) mass is 263 g/mol. The van der Waals surface area contributed by atoms with Crippen molar-refractivity contribution in [2.24, 2.45) is 5.92 Å². The second-order valence-corrected chi connectivity index (χ2v) is 5.41. The number of aryl methyl sites for hydroxylation is 1. The highest BCUT2D eigenvalue weighted by Crippen LogP contribution is 2.19. The van der Waals surface area contributed by atoms with Crippen LogP contribution < -0.4 is 10.1 Å². The van der Waals surface area contributed by atoms with Crippen molar-refractivity contribution in [3.63, 3.8) is 0 Å². The minimum Gasteiger partial charge on any atom is -0.496 e. The summed E-state index contributed by atoms with van der Waals surface area (Å²) in [4.78, 5) is 12.3. The van der Waals surface area contributed by atoms with Gasteiger partial charge in [0.05, 0.1) is 13.2 Å². The molecule has 1 aromatic carbocycles. The van der Waals surface area contributed by atoms with E-state index in [0.717, 1.165) is 29.8 Å². The van der Waals surface area contributed by atoms with Crippen LogP contribution in [0.25, 0.3) is 0 Å². The fraction of sp³-hybridized carbons (Fsp3) is 0.562. The van der Waals surface area contributed by atoms with Gasteiger partial charge in [-0.2, -0.15) is 0 Å². The van der Waals surface area contributed by atoms with Crippen molar-refractivity contribution in [3.05, 3.63) is 29.3 Å². The van der Waals surface area contributed by atoms with Crippen LogP contribution in [0.15, 0.2) is 18.2 Å². The lowest BCUT2D eigenvalue weighted by Crippen LogP contribution is -2.35. The number of hydrogen-bond donors (Lipinski definition) is 1. The van der Waals surface area contributed by atoms with E-state index in [1.807, 2.05) is 32.0 Å². The van der Waals surface area contributed by atoms with E-state index < -0.39 is 0 Å². The van der Waals surface area contributed by atoms with Gasteiger partial charge in [0.2, 0.25) is 0 Å². The number of carbonyl (C=O) groups is 1. The number of methoxy groups -OCH3 is 1. The smallest absolute Gasteiger partial charge is 0.179 e.